The minimum atomic E-state index is -4.19. The van der Waals surface area contributed by atoms with Crippen molar-refractivity contribution in [2.45, 2.75) is 216 Å². The van der Waals surface area contributed by atoms with E-state index in [0.717, 1.165) is 48.1 Å². The van der Waals surface area contributed by atoms with Crippen molar-refractivity contribution in [1.82, 2.24) is 0 Å². The zero-order valence-electron chi connectivity index (χ0n) is 35.7. The van der Waals surface area contributed by atoms with Crippen LogP contribution < -0.4 is 8.37 Å². The van der Waals surface area contributed by atoms with Crippen molar-refractivity contribution >= 4 is 31.6 Å². The van der Waals surface area contributed by atoms with Gasteiger partial charge in [0, 0.05) is 10.8 Å². The molecule has 3 rings (SSSR count). The van der Waals surface area contributed by atoms with E-state index in [9.17, 15) is 16.8 Å². The van der Waals surface area contributed by atoms with Gasteiger partial charge in [-0.2, -0.15) is 16.8 Å². The fraction of sp³-hybridized carbons (Fsp3) is 0.667. The summed E-state index contributed by atoms with van der Waals surface area (Å²) in [5.74, 6) is -0.297. The molecule has 2 aromatic carbocycles. The SMILES string of the molecule is CCCCCCCCCCCCCCCCc1ccc(S(=O)(=O)Oc2cscc2OS(=O)(=O)c2ccc(CCCCCCCCCCCCCCCC)cc2)cc1. The van der Waals surface area contributed by atoms with Crippen LogP contribution in [0.15, 0.2) is 69.1 Å². The van der Waals surface area contributed by atoms with Gasteiger partial charge in [-0.25, -0.2) is 0 Å². The highest BCUT2D eigenvalue weighted by Gasteiger charge is 2.24. The average molecular weight is 845 g/mol. The topological polar surface area (TPSA) is 86.7 Å². The molecule has 0 radical (unpaired) electrons. The summed E-state index contributed by atoms with van der Waals surface area (Å²) in [5.41, 5.74) is 2.17. The molecule has 0 aliphatic rings. The van der Waals surface area contributed by atoms with Gasteiger partial charge in [0.15, 0.2) is 11.5 Å². The van der Waals surface area contributed by atoms with Crippen molar-refractivity contribution < 1.29 is 25.2 Å². The zero-order chi connectivity index (χ0) is 40.9. The van der Waals surface area contributed by atoms with E-state index in [-0.39, 0.29) is 21.3 Å². The maximum atomic E-state index is 13.2. The fourth-order valence-corrected chi connectivity index (χ4v) is 10.1. The number of rotatable bonds is 36. The zero-order valence-corrected chi connectivity index (χ0v) is 38.1. The Kier molecular flexibility index (Phi) is 25.6. The summed E-state index contributed by atoms with van der Waals surface area (Å²) in [6.07, 6.45) is 38.7. The van der Waals surface area contributed by atoms with Crippen molar-refractivity contribution in [2.75, 3.05) is 0 Å². The van der Waals surface area contributed by atoms with Crippen LogP contribution in [-0.2, 0) is 33.1 Å². The molecule has 9 heteroatoms. The summed E-state index contributed by atoms with van der Waals surface area (Å²) in [7, 11) is -8.38. The second-order valence-corrected chi connectivity index (χ2v) is 20.0. The van der Waals surface area contributed by atoms with Gasteiger partial charge in [0.2, 0.25) is 0 Å². The molecule has 3 aromatic rings. The maximum absolute atomic E-state index is 13.2. The van der Waals surface area contributed by atoms with E-state index >= 15 is 0 Å². The molecule has 57 heavy (non-hydrogen) atoms. The molecule has 0 saturated carbocycles. The van der Waals surface area contributed by atoms with E-state index in [1.54, 1.807) is 24.3 Å². The monoisotopic (exact) mass is 844 g/mol. The summed E-state index contributed by atoms with van der Waals surface area (Å²) < 4.78 is 63.4. The Bertz CT molecular complexity index is 1520. The lowest BCUT2D eigenvalue weighted by molar-refractivity contribution is 0.451. The number of benzene rings is 2. The molecule has 0 bridgehead atoms. The number of hydrogen-bond donors (Lipinski definition) is 0. The Hall–Kier alpha value is -2.36. The maximum Gasteiger partial charge on any atom is 0.339 e. The Labute approximate surface area is 353 Å². The van der Waals surface area contributed by atoms with Crippen LogP contribution in [-0.4, -0.2) is 16.8 Å². The fourth-order valence-electron chi connectivity index (χ4n) is 7.42. The second-order valence-electron chi connectivity index (χ2n) is 16.2. The van der Waals surface area contributed by atoms with E-state index in [2.05, 4.69) is 13.8 Å². The molecular weight excluding hydrogens is 769 g/mol. The van der Waals surface area contributed by atoms with Crippen LogP contribution in [0.5, 0.6) is 11.5 Å². The highest BCUT2D eigenvalue weighted by molar-refractivity contribution is 7.87. The average Bonchev–Trinajstić information content (AvgIpc) is 3.62. The molecule has 0 spiro atoms. The van der Waals surface area contributed by atoms with Gasteiger partial charge in [0.25, 0.3) is 0 Å². The molecule has 0 amide bonds. The second kappa shape index (κ2) is 29.8. The molecule has 0 unspecified atom stereocenters. The van der Waals surface area contributed by atoms with Crippen molar-refractivity contribution in [3.05, 3.63) is 70.4 Å². The molecular formula is C48H76O6S3. The Morgan fingerprint density at radius 1 is 0.368 bits per heavy atom. The Morgan fingerprint density at radius 3 is 0.877 bits per heavy atom. The molecule has 0 N–H and O–H groups in total. The lowest BCUT2D eigenvalue weighted by Gasteiger charge is -2.10. The third-order valence-corrected chi connectivity index (χ3v) is 14.3. The van der Waals surface area contributed by atoms with Crippen LogP contribution in [0.2, 0.25) is 0 Å². The van der Waals surface area contributed by atoms with Crippen LogP contribution >= 0.6 is 11.3 Å². The van der Waals surface area contributed by atoms with Gasteiger partial charge < -0.3 is 8.37 Å². The van der Waals surface area contributed by atoms with E-state index in [4.69, 9.17) is 8.37 Å². The van der Waals surface area contributed by atoms with Crippen molar-refractivity contribution in [1.29, 1.82) is 0 Å². The quantitative estimate of drug-likeness (QED) is 0.0428. The van der Waals surface area contributed by atoms with E-state index < -0.39 is 20.2 Å². The molecule has 1 aromatic heterocycles. The van der Waals surface area contributed by atoms with Gasteiger partial charge in [0.1, 0.15) is 9.79 Å². The molecule has 0 saturated heterocycles. The van der Waals surface area contributed by atoms with Gasteiger partial charge in [0.05, 0.1) is 0 Å². The lowest BCUT2D eigenvalue weighted by Crippen LogP contribution is -2.13. The summed E-state index contributed by atoms with van der Waals surface area (Å²) in [4.78, 5) is 0.0308. The molecule has 322 valence electrons. The molecule has 6 nitrogen and oxygen atoms in total. The lowest BCUT2D eigenvalue weighted by atomic mass is 10.0. The smallest absolute Gasteiger partial charge is 0.339 e. The van der Waals surface area contributed by atoms with Crippen LogP contribution in [0.25, 0.3) is 0 Å². The number of hydrogen-bond acceptors (Lipinski definition) is 7. The predicted molar refractivity (Wildman–Crippen MR) is 241 cm³/mol. The third kappa shape index (κ3) is 21.5. The van der Waals surface area contributed by atoms with E-state index in [1.165, 1.54) is 178 Å². The first kappa shape index (κ1) is 49.0. The highest BCUT2D eigenvalue weighted by Crippen LogP contribution is 2.36. The van der Waals surface area contributed by atoms with Crippen molar-refractivity contribution in [3.8, 4) is 11.5 Å². The minimum absolute atomic E-state index is 0.0154. The summed E-state index contributed by atoms with van der Waals surface area (Å²) in [6, 6.07) is 13.5. The molecule has 0 aliphatic heterocycles. The van der Waals surface area contributed by atoms with Crippen LogP contribution in [0.3, 0.4) is 0 Å². The normalized spacial score (nSPS) is 12.0. The van der Waals surface area contributed by atoms with Crippen molar-refractivity contribution in [2.24, 2.45) is 0 Å². The molecule has 1 heterocycles. The molecule has 0 atom stereocenters. The molecule has 0 fully saturated rings. The van der Waals surface area contributed by atoms with E-state index in [0.29, 0.717) is 0 Å². The first-order chi connectivity index (χ1) is 27.7. The van der Waals surface area contributed by atoms with Gasteiger partial charge in [-0.05, 0) is 61.1 Å². The first-order valence-corrected chi connectivity index (χ1v) is 26.6. The Balaban J connectivity index is 1.31. The predicted octanol–water partition coefficient (Wildman–Crippen LogP) is 15.3. The standard InChI is InChI=1S/C48H76O6S3/c1-3-5-7-9-11-13-15-17-19-21-23-25-27-29-31-43-33-37-45(38-34-43)56(49,50)53-47-41-55-42-48(47)54-57(51,52)46-39-35-44(36-40-46)32-30-28-26-24-22-20-18-16-14-12-10-8-6-4-2/h33-42H,3-32H2,1-2H3. The van der Waals surface area contributed by atoms with Gasteiger partial charge in [-0.15, -0.1) is 11.3 Å². The third-order valence-electron chi connectivity index (χ3n) is 11.1. The van der Waals surface area contributed by atoms with Crippen LogP contribution in [0.4, 0.5) is 0 Å². The minimum Gasteiger partial charge on any atom is -0.374 e. The summed E-state index contributed by atoms with van der Waals surface area (Å²) in [5, 5.41) is 2.87. The Morgan fingerprint density at radius 2 is 0.614 bits per heavy atom. The van der Waals surface area contributed by atoms with E-state index in [1.807, 2.05) is 24.3 Å². The molecule has 0 aliphatic carbocycles. The van der Waals surface area contributed by atoms with Crippen LogP contribution in [0, 0.1) is 0 Å². The van der Waals surface area contributed by atoms with Crippen molar-refractivity contribution in [3.63, 3.8) is 0 Å². The number of thiophene rings is 1. The summed E-state index contributed by atoms with van der Waals surface area (Å²) in [6.45, 7) is 4.53. The van der Waals surface area contributed by atoms with Gasteiger partial charge in [-0.1, -0.05) is 205 Å². The van der Waals surface area contributed by atoms with Gasteiger partial charge >= 0.3 is 20.2 Å². The first-order valence-electron chi connectivity index (χ1n) is 22.9. The highest BCUT2D eigenvalue weighted by atomic mass is 32.2. The number of unbranched alkanes of at least 4 members (excludes halogenated alkanes) is 26. The van der Waals surface area contributed by atoms with Gasteiger partial charge in [-0.3, -0.25) is 0 Å². The number of aryl methyl sites for hydroxylation is 2. The largest absolute Gasteiger partial charge is 0.374 e. The summed E-state index contributed by atoms with van der Waals surface area (Å²) >= 11 is 1.11. The van der Waals surface area contributed by atoms with Crippen LogP contribution in [0.1, 0.15) is 205 Å².